The molecule has 10 nitrogen and oxygen atoms in total. The van der Waals surface area contributed by atoms with Gasteiger partial charge in [0.25, 0.3) is 5.43 Å². The summed E-state index contributed by atoms with van der Waals surface area (Å²) < 4.78 is 5.45. The summed E-state index contributed by atoms with van der Waals surface area (Å²) in [6.07, 6.45) is 5.11. The summed E-state index contributed by atoms with van der Waals surface area (Å²) in [5.74, 6) is -0.417. The molecule has 0 saturated carbocycles. The van der Waals surface area contributed by atoms with Crippen molar-refractivity contribution >= 4 is 11.8 Å². The topological polar surface area (TPSA) is 152 Å². The maximum absolute atomic E-state index is 12.7. The van der Waals surface area contributed by atoms with E-state index in [1.54, 1.807) is 13.8 Å². The first-order valence-electron chi connectivity index (χ1n) is 13.0. The van der Waals surface area contributed by atoms with Crippen molar-refractivity contribution < 1.29 is 14.3 Å². The number of nitrogens with one attached hydrogen (secondary N) is 4. The number of unbranched alkanes of at least 4 members (excludes halogenated alkanes) is 1. The molecule has 1 unspecified atom stereocenters. The van der Waals surface area contributed by atoms with E-state index in [0.717, 1.165) is 51.9 Å². The summed E-state index contributed by atoms with van der Waals surface area (Å²) in [5, 5.41) is 12.3. The second kappa shape index (κ2) is 18.0. The quantitative estimate of drug-likeness (QED) is 0.119. The minimum absolute atomic E-state index is 0.0847. The van der Waals surface area contributed by atoms with Gasteiger partial charge in [-0.2, -0.15) is 0 Å². The molecule has 0 aliphatic heterocycles. The van der Waals surface area contributed by atoms with Gasteiger partial charge in [-0.15, -0.1) is 0 Å². The van der Waals surface area contributed by atoms with E-state index in [1.165, 1.54) is 0 Å². The summed E-state index contributed by atoms with van der Waals surface area (Å²) in [6, 6.07) is -0.773. The summed E-state index contributed by atoms with van der Waals surface area (Å²) in [7, 11) is 0. The monoisotopic (exact) mass is 495 g/mol. The van der Waals surface area contributed by atoms with Crippen LogP contribution in [0.2, 0.25) is 0 Å². The average Bonchev–Trinajstić information content (AvgIpc) is 2.82. The largest absolute Gasteiger partial charge is 0.486 e. The standard InChI is InChI=1S/C25H45N5O5/c1-4-9-21(31)30-20(11-10-19-22(32)23(33)24(19)35-18(2)3)25(34)29-17-8-16-28-14-6-5-13-27-15-7-12-26/h18,20,27-28H,4-17,26H2,1-3H3,(H,29,34)(H,30,31). The SMILES string of the molecule is CCCC(=O)NC(CCc1c(OC(C)C)c(=O)c1=O)C(=O)NCCCNCCCCNCCCN. The van der Waals surface area contributed by atoms with Crippen molar-refractivity contribution in [2.45, 2.75) is 84.3 Å². The normalized spacial score (nSPS) is 12.1. The van der Waals surface area contributed by atoms with Crippen molar-refractivity contribution in [1.29, 1.82) is 0 Å². The number of amides is 2. The average molecular weight is 496 g/mol. The fourth-order valence-corrected chi connectivity index (χ4v) is 3.58. The van der Waals surface area contributed by atoms with Crippen LogP contribution in [-0.2, 0) is 16.0 Å². The number of carbonyl (C=O) groups is 2. The summed E-state index contributed by atoms with van der Waals surface area (Å²) in [5.41, 5.74) is 4.56. The molecule has 0 radical (unpaired) electrons. The smallest absolute Gasteiger partial charge is 0.268 e. The van der Waals surface area contributed by atoms with E-state index in [-0.39, 0.29) is 36.5 Å². The molecule has 6 N–H and O–H groups in total. The first-order valence-corrected chi connectivity index (χ1v) is 13.0. The van der Waals surface area contributed by atoms with Crippen LogP contribution in [-0.4, -0.2) is 63.2 Å². The highest BCUT2D eigenvalue weighted by molar-refractivity contribution is 5.87. The molecular formula is C25H45N5O5. The lowest BCUT2D eigenvalue weighted by Gasteiger charge is -2.20. The number of hydrogen-bond acceptors (Lipinski definition) is 8. The van der Waals surface area contributed by atoms with E-state index in [9.17, 15) is 19.2 Å². The molecule has 0 saturated heterocycles. The van der Waals surface area contributed by atoms with E-state index in [4.69, 9.17) is 10.5 Å². The number of hydrogen-bond donors (Lipinski definition) is 5. The number of ether oxygens (including phenoxy) is 1. The van der Waals surface area contributed by atoms with Gasteiger partial charge in [0.05, 0.1) is 11.7 Å². The Bertz CT molecular complexity index is 820. The Labute approximate surface area is 208 Å². The molecule has 0 spiro atoms. The molecule has 0 heterocycles. The second-order valence-corrected chi connectivity index (χ2v) is 9.04. The van der Waals surface area contributed by atoms with E-state index >= 15 is 0 Å². The van der Waals surface area contributed by atoms with Crippen LogP contribution >= 0.6 is 0 Å². The van der Waals surface area contributed by atoms with Gasteiger partial charge in [0.2, 0.25) is 17.2 Å². The maximum Gasteiger partial charge on any atom is 0.268 e. The molecule has 0 aromatic heterocycles. The second-order valence-electron chi connectivity index (χ2n) is 9.04. The Morgan fingerprint density at radius 2 is 1.54 bits per heavy atom. The van der Waals surface area contributed by atoms with E-state index < -0.39 is 16.9 Å². The minimum Gasteiger partial charge on any atom is -0.486 e. The van der Waals surface area contributed by atoms with Gasteiger partial charge in [0.15, 0.2) is 5.75 Å². The van der Waals surface area contributed by atoms with E-state index in [2.05, 4.69) is 21.3 Å². The van der Waals surface area contributed by atoms with Crippen LogP contribution in [0.5, 0.6) is 5.75 Å². The van der Waals surface area contributed by atoms with Crippen LogP contribution in [0.3, 0.4) is 0 Å². The highest BCUT2D eigenvalue weighted by Gasteiger charge is 2.26. The lowest BCUT2D eigenvalue weighted by molar-refractivity contribution is -0.129. The molecule has 1 atom stereocenters. The molecular weight excluding hydrogens is 450 g/mol. The Balaban J connectivity index is 2.40. The van der Waals surface area contributed by atoms with E-state index in [1.807, 2.05) is 6.92 Å². The molecule has 1 aromatic rings. The van der Waals surface area contributed by atoms with Crippen molar-refractivity contribution in [2.75, 3.05) is 39.3 Å². The summed E-state index contributed by atoms with van der Waals surface area (Å²) >= 11 is 0. The van der Waals surface area contributed by atoms with Gasteiger partial charge in [0, 0.05) is 13.0 Å². The zero-order valence-electron chi connectivity index (χ0n) is 21.7. The molecule has 200 valence electrons. The Hall–Kier alpha value is -2.30. The van der Waals surface area contributed by atoms with Gasteiger partial charge in [-0.1, -0.05) is 6.92 Å². The lowest BCUT2D eigenvalue weighted by Crippen LogP contribution is -2.48. The van der Waals surface area contributed by atoms with Crippen LogP contribution in [0.15, 0.2) is 9.59 Å². The predicted molar refractivity (Wildman–Crippen MR) is 139 cm³/mol. The molecule has 0 aliphatic carbocycles. The van der Waals surface area contributed by atoms with Crippen LogP contribution < -0.4 is 42.6 Å². The third kappa shape index (κ3) is 12.3. The Kier molecular flexibility index (Phi) is 15.8. The van der Waals surface area contributed by atoms with Crippen molar-refractivity contribution in [2.24, 2.45) is 5.73 Å². The molecule has 10 heteroatoms. The third-order valence-electron chi connectivity index (χ3n) is 5.47. The van der Waals surface area contributed by atoms with Gasteiger partial charge in [-0.25, -0.2) is 0 Å². The van der Waals surface area contributed by atoms with Gasteiger partial charge in [-0.05, 0) is 91.5 Å². The first-order chi connectivity index (χ1) is 16.8. The minimum atomic E-state index is -0.773. The molecule has 2 amide bonds. The summed E-state index contributed by atoms with van der Waals surface area (Å²) in [6.45, 7) is 10.3. The first kappa shape index (κ1) is 30.7. The number of nitrogens with two attached hydrogens (primary N) is 1. The maximum atomic E-state index is 12.7. The molecule has 0 aliphatic rings. The van der Waals surface area contributed by atoms with Crippen molar-refractivity contribution in [3.8, 4) is 5.75 Å². The van der Waals surface area contributed by atoms with Crippen LogP contribution in [0.1, 0.15) is 71.3 Å². The molecule has 1 aromatic carbocycles. The van der Waals surface area contributed by atoms with Crippen molar-refractivity contribution in [3.05, 3.63) is 26.0 Å². The molecule has 1 rings (SSSR count). The van der Waals surface area contributed by atoms with Crippen LogP contribution in [0.4, 0.5) is 0 Å². The zero-order valence-corrected chi connectivity index (χ0v) is 21.7. The van der Waals surface area contributed by atoms with Crippen LogP contribution in [0.25, 0.3) is 0 Å². The number of carbonyl (C=O) groups excluding carboxylic acids is 2. The number of rotatable bonds is 21. The fraction of sp³-hybridized carbons (Fsp3) is 0.760. The molecule has 0 bridgehead atoms. The van der Waals surface area contributed by atoms with Crippen molar-refractivity contribution in [1.82, 2.24) is 21.3 Å². The van der Waals surface area contributed by atoms with Gasteiger partial charge < -0.3 is 31.7 Å². The summed E-state index contributed by atoms with van der Waals surface area (Å²) in [4.78, 5) is 48.6. The third-order valence-corrected chi connectivity index (χ3v) is 5.47. The van der Waals surface area contributed by atoms with E-state index in [0.29, 0.717) is 31.5 Å². The van der Waals surface area contributed by atoms with Crippen molar-refractivity contribution in [3.63, 3.8) is 0 Å². The highest BCUT2D eigenvalue weighted by atomic mass is 16.5. The Morgan fingerprint density at radius 1 is 0.914 bits per heavy atom. The van der Waals surface area contributed by atoms with Crippen LogP contribution in [0, 0.1) is 0 Å². The Morgan fingerprint density at radius 3 is 2.14 bits per heavy atom. The molecule has 0 fully saturated rings. The predicted octanol–water partition coefficient (Wildman–Crippen LogP) is 0.102. The van der Waals surface area contributed by atoms with Gasteiger partial charge in [-0.3, -0.25) is 19.2 Å². The van der Waals surface area contributed by atoms with Gasteiger partial charge in [0.1, 0.15) is 6.04 Å². The lowest BCUT2D eigenvalue weighted by atomic mass is 9.99. The highest BCUT2D eigenvalue weighted by Crippen LogP contribution is 2.16. The van der Waals surface area contributed by atoms with Gasteiger partial charge >= 0.3 is 0 Å². The fourth-order valence-electron chi connectivity index (χ4n) is 3.58. The molecule has 35 heavy (non-hydrogen) atoms. The zero-order chi connectivity index (χ0) is 26.1.